The number of carbonyl (C=O) groups excluding carboxylic acids is 2. The molecule has 2 N–H and O–H groups in total. The number of amides is 2. The fourth-order valence-electron chi connectivity index (χ4n) is 3.84. The van der Waals surface area contributed by atoms with Crippen LogP contribution in [-0.2, 0) is 16.0 Å². The number of aryl methyl sites for hydroxylation is 1. The molecule has 0 unspecified atom stereocenters. The van der Waals surface area contributed by atoms with Gasteiger partial charge < -0.3 is 20.3 Å². The van der Waals surface area contributed by atoms with Crippen LogP contribution in [0.25, 0.3) is 0 Å². The van der Waals surface area contributed by atoms with Crippen LogP contribution < -0.4 is 15.4 Å². The average Bonchev–Trinajstić information content (AvgIpc) is 2.81. The largest absolute Gasteiger partial charge is 0.497 e. The standard InChI is InChI=1S/C25H34N4O3/c1-19-4-8-21(9-5-19)23(29-16-14-28(2)15-17-29)18-27-25(31)24(30)26-13-12-20-6-10-22(32-3)11-7-20/h4-11,23H,12-18H2,1-3H3,(H,26,30)(H,27,31)/t23-/m0/s1. The van der Waals surface area contributed by atoms with Crippen molar-refractivity contribution < 1.29 is 14.3 Å². The van der Waals surface area contributed by atoms with E-state index in [2.05, 4.69) is 58.7 Å². The van der Waals surface area contributed by atoms with Gasteiger partial charge in [0.15, 0.2) is 0 Å². The monoisotopic (exact) mass is 438 g/mol. The van der Waals surface area contributed by atoms with Crippen molar-refractivity contribution in [1.29, 1.82) is 0 Å². The van der Waals surface area contributed by atoms with E-state index in [4.69, 9.17) is 4.74 Å². The highest BCUT2D eigenvalue weighted by molar-refractivity contribution is 6.35. The van der Waals surface area contributed by atoms with Gasteiger partial charge in [-0.3, -0.25) is 14.5 Å². The van der Waals surface area contributed by atoms with Crippen molar-refractivity contribution in [3.63, 3.8) is 0 Å². The van der Waals surface area contributed by atoms with Gasteiger partial charge in [-0.1, -0.05) is 42.0 Å². The first-order valence-electron chi connectivity index (χ1n) is 11.1. The number of carbonyl (C=O) groups is 2. The van der Waals surface area contributed by atoms with Crippen molar-refractivity contribution in [3.05, 3.63) is 65.2 Å². The SMILES string of the molecule is COc1ccc(CCNC(=O)C(=O)NC[C@@H](c2ccc(C)cc2)N2CCN(C)CC2)cc1. The Hall–Kier alpha value is -2.90. The molecule has 172 valence electrons. The lowest BCUT2D eigenvalue weighted by Gasteiger charge is -2.38. The van der Waals surface area contributed by atoms with E-state index in [0.29, 0.717) is 19.5 Å². The highest BCUT2D eigenvalue weighted by Crippen LogP contribution is 2.22. The Bertz CT molecular complexity index is 875. The fourth-order valence-corrected chi connectivity index (χ4v) is 3.84. The molecule has 0 aromatic heterocycles. The summed E-state index contributed by atoms with van der Waals surface area (Å²) in [5, 5.41) is 5.56. The first kappa shape index (κ1) is 23.8. The van der Waals surface area contributed by atoms with Crippen LogP contribution >= 0.6 is 0 Å². The highest BCUT2D eigenvalue weighted by Gasteiger charge is 2.25. The molecule has 1 saturated heterocycles. The number of piperazine rings is 1. The zero-order chi connectivity index (χ0) is 22.9. The summed E-state index contributed by atoms with van der Waals surface area (Å²) in [4.78, 5) is 29.4. The Kier molecular flexibility index (Phi) is 8.64. The number of nitrogens with one attached hydrogen (secondary N) is 2. The van der Waals surface area contributed by atoms with Crippen molar-refractivity contribution in [1.82, 2.24) is 20.4 Å². The summed E-state index contributed by atoms with van der Waals surface area (Å²) >= 11 is 0. The van der Waals surface area contributed by atoms with E-state index in [9.17, 15) is 9.59 Å². The summed E-state index contributed by atoms with van der Waals surface area (Å²) in [6.45, 7) is 6.70. The van der Waals surface area contributed by atoms with E-state index in [-0.39, 0.29) is 6.04 Å². The van der Waals surface area contributed by atoms with Gasteiger partial charge in [0.2, 0.25) is 0 Å². The molecular weight excluding hydrogens is 404 g/mol. The molecule has 1 atom stereocenters. The molecule has 1 aliphatic heterocycles. The minimum absolute atomic E-state index is 0.0420. The minimum Gasteiger partial charge on any atom is -0.497 e. The molecule has 0 saturated carbocycles. The second kappa shape index (κ2) is 11.6. The van der Waals surface area contributed by atoms with Crippen LogP contribution in [0.3, 0.4) is 0 Å². The molecular formula is C25H34N4O3. The van der Waals surface area contributed by atoms with Crippen LogP contribution in [0.15, 0.2) is 48.5 Å². The topological polar surface area (TPSA) is 73.9 Å². The van der Waals surface area contributed by atoms with Gasteiger partial charge in [-0.2, -0.15) is 0 Å². The number of rotatable bonds is 8. The van der Waals surface area contributed by atoms with E-state index in [1.165, 1.54) is 5.56 Å². The third kappa shape index (κ3) is 6.80. The minimum atomic E-state index is -0.598. The van der Waals surface area contributed by atoms with Gasteiger partial charge in [0, 0.05) is 39.3 Å². The fraction of sp³-hybridized carbons (Fsp3) is 0.440. The molecule has 32 heavy (non-hydrogen) atoms. The van der Waals surface area contributed by atoms with Crippen LogP contribution in [0.4, 0.5) is 0 Å². The van der Waals surface area contributed by atoms with E-state index in [0.717, 1.165) is 43.1 Å². The smallest absolute Gasteiger partial charge is 0.309 e. The normalized spacial score (nSPS) is 15.7. The number of hydrogen-bond acceptors (Lipinski definition) is 5. The van der Waals surface area contributed by atoms with Crippen molar-refractivity contribution >= 4 is 11.8 Å². The zero-order valence-electron chi connectivity index (χ0n) is 19.3. The lowest BCUT2D eigenvalue weighted by atomic mass is 10.0. The summed E-state index contributed by atoms with van der Waals surface area (Å²) in [7, 11) is 3.75. The van der Waals surface area contributed by atoms with Gasteiger partial charge in [0.25, 0.3) is 0 Å². The van der Waals surface area contributed by atoms with Crippen molar-refractivity contribution in [2.24, 2.45) is 0 Å². The van der Waals surface area contributed by atoms with E-state index >= 15 is 0 Å². The Morgan fingerprint density at radius 1 is 0.938 bits per heavy atom. The van der Waals surface area contributed by atoms with E-state index < -0.39 is 11.8 Å². The van der Waals surface area contributed by atoms with Gasteiger partial charge >= 0.3 is 11.8 Å². The number of benzene rings is 2. The third-order valence-electron chi connectivity index (χ3n) is 5.96. The van der Waals surface area contributed by atoms with Crippen LogP contribution in [-0.4, -0.2) is 75.0 Å². The Labute approximate surface area is 190 Å². The molecule has 2 amide bonds. The second-order valence-corrected chi connectivity index (χ2v) is 8.33. The lowest BCUT2D eigenvalue weighted by molar-refractivity contribution is -0.139. The third-order valence-corrected chi connectivity index (χ3v) is 5.96. The molecule has 2 aromatic carbocycles. The number of likely N-dealkylation sites (N-methyl/N-ethyl adjacent to an activating group) is 1. The number of nitrogens with zero attached hydrogens (tertiary/aromatic N) is 2. The zero-order valence-corrected chi connectivity index (χ0v) is 19.3. The summed E-state index contributed by atoms with van der Waals surface area (Å²) in [6, 6.07) is 16.1. The number of hydrogen-bond donors (Lipinski definition) is 2. The van der Waals surface area contributed by atoms with Gasteiger partial charge in [0.1, 0.15) is 5.75 Å². The molecule has 0 spiro atoms. The lowest BCUT2D eigenvalue weighted by Crippen LogP contribution is -2.49. The van der Waals surface area contributed by atoms with Crippen LogP contribution in [0, 0.1) is 6.92 Å². The van der Waals surface area contributed by atoms with E-state index in [1.807, 2.05) is 24.3 Å². The van der Waals surface area contributed by atoms with Crippen molar-refractivity contribution in [2.45, 2.75) is 19.4 Å². The molecule has 0 bridgehead atoms. The summed E-state index contributed by atoms with van der Waals surface area (Å²) < 4.78 is 5.15. The highest BCUT2D eigenvalue weighted by atomic mass is 16.5. The molecule has 0 aliphatic carbocycles. The van der Waals surface area contributed by atoms with Crippen molar-refractivity contribution in [3.8, 4) is 5.75 Å². The first-order valence-corrected chi connectivity index (χ1v) is 11.1. The maximum atomic E-state index is 12.4. The molecule has 3 rings (SSSR count). The summed E-state index contributed by atoms with van der Waals surface area (Å²) in [6.07, 6.45) is 0.649. The number of ether oxygens (including phenoxy) is 1. The molecule has 0 radical (unpaired) electrons. The van der Waals surface area contributed by atoms with Crippen molar-refractivity contribution in [2.75, 3.05) is 53.4 Å². The van der Waals surface area contributed by atoms with Gasteiger partial charge in [0.05, 0.1) is 13.2 Å². The van der Waals surface area contributed by atoms with Crippen LogP contribution in [0.1, 0.15) is 22.7 Å². The van der Waals surface area contributed by atoms with Crippen LogP contribution in [0.5, 0.6) is 5.75 Å². The molecule has 2 aromatic rings. The van der Waals surface area contributed by atoms with Gasteiger partial charge in [-0.25, -0.2) is 0 Å². The summed E-state index contributed by atoms with van der Waals surface area (Å²) in [5.74, 6) is -0.397. The van der Waals surface area contributed by atoms with Gasteiger partial charge in [-0.15, -0.1) is 0 Å². The Morgan fingerprint density at radius 3 is 2.19 bits per heavy atom. The van der Waals surface area contributed by atoms with Gasteiger partial charge in [-0.05, 0) is 43.7 Å². The Balaban J connectivity index is 1.51. The number of methoxy groups -OCH3 is 1. The predicted octanol–water partition coefficient (Wildman–Crippen LogP) is 1.77. The quantitative estimate of drug-likeness (QED) is 0.615. The second-order valence-electron chi connectivity index (χ2n) is 8.33. The predicted molar refractivity (Wildman–Crippen MR) is 126 cm³/mol. The molecule has 1 fully saturated rings. The average molecular weight is 439 g/mol. The maximum absolute atomic E-state index is 12.4. The van der Waals surface area contributed by atoms with E-state index in [1.54, 1.807) is 7.11 Å². The molecule has 7 nitrogen and oxygen atoms in total. The van der Waals surface area contributed by atoms with Crippen LogP contribution in [0.2, 0.25) is 0 Å². The summed E-state index contributed by atoms with van der Waals surface area (Å²) in [5.41, 5.74) is 3.42. The molecule has 1 aliphatic rings. The molecule has 1 heterocycles. The Morgan fingerprint density at radius 2 is 1.56 bits per heavy atom. The maximum Gasteiger partial charge on any atom is 0.309 e. The molecule has 7 heteroatoms. The first-order chi connectivity index (χ1) is 15.5.